The highest BCUT2D eigenvalue weighted by Gasteiger charge is 2.20. The smallest absolute Gasteiger partial charge is 0.275 e. The van der Waals surface area contributed by atoms with Gasteiger partial charge in [0.25, 0.3) is 5.91 Å². The molecule has 27 heavy (non-hydrogen) atoms. The van der Waals surface area contributed by atoms with E-state index in [0.717, 1.165) is 41.0 Å². The van der Waals surface area contributed by atoms with E-state index in [-0.39, 0.29) is 5.91 Å². The largest absolute Gasteiger partial charge is 0.496 e. The molecule has 2 aromatic rings. The van der Waals surface area contributed by atoms with Gasteiger partial charge in [-0.1, -0.05) is 31.2 Å². The second kappa shape index (κ2) is 8.54. The third-order valence-electron chi connectivity index (χ3n) is 4.56. The number of carbonyl (C=O) groups excluding carboxylic acids is 1. The van der Waals surface area contributed by atoms with Crippen molar-refractivity contribution >= 4 is 17.8 Å². The molecule has 0 spiro atoms. The molecule has 0 aromatic heterocycles. The highest BCUT2D eigenvalue weighted by Crippen LogP contribution is 2.23. The van der Waals surface area contributed by atoms with Crippen molar-refractivity contribution in [2.45, 2.75) is 26.2 Å². The fourth-order valence-corrected chi connectivity index (χ4v) is 3.12. The first-order valence-electron chi connectivity index (χ1n) is 9.04. The molecule has 1 aliphatic rings. The van der Waals surface area contributed by atoms with Gasteiger partial charge in [-0.15, -0.1) is 0 Å². The van der Waals surface area contributed by atoms with E-state index in [4.69, 9.17) is 9.47 Å². The number of nitrogens with zero attached hydrogens (tertiary/aromatic N) is 1. The summed E-state index contributed by atoms with van der Waals surface area (Å²) in [5.41, 5.74) is 3.56. The third kappa shape index (κ3) is 4.37. The van der Waals surface area contributed by atoms with Crippen LogP contribution in [0.15, 0.2) is 53.2 Å². The average molecular weight is 364 g/mol. The van der Waals surface area contributed by atoms with Crippen LogP contribution in [-0.4, -0.2) is 26.0 Å². The summed E-state index contributed by atoms with van der Waals surface area (Å²) in [4.78, 5) is 16.7. The molecule has 1 N–H and O–H groups in total. The van der Waals surface area contributed by atoms with Gasteiger partial charge in [0.2, 0.25) is 0 Å². The standard InChI is InChI=1S/C22H24N2O3/c1-4-16-13-15(9-11-20(16)27-3)14-18-22(25)24-21(23-18)12-10-17-7-5-6-8-19(17)26-2/h5-9,11,13-14H,4,10,12H2,1-3H3,(H,23,24,25)/b18-14+. The highest BCUT2D eigenvalue weighted by molar-refractivity contribution is 6.14. The van der Waals surface area contributed by atoms with Crippen LogP contribution in [0.3, 0.4) is 0 Å². The predicted molar refractivity (Wildman–Crippen MR) is 107 cm³/mol. The molecule has 5 nitrogen and oxygen atoms in total. The van der Waals surface area contributed by atoms with Gasteiger partial charge in [-0.2, -0.15) is 0 Å². The van der Waals surface area contributed by atoms with Gasteiger partial charge in [0.15, 0.2) is 0 Å². The lowest BCUT2D eigenvalue weighted by Crippen LogP contribution is -2.24. The Morgan fingerprint density at radius 2 is 1.74 bits per heavy atom. The first-order chi connectivity index (χ1) is 13.1. The van der Waals surface area contributed by atoms with Gasteiger partial charge in [0.1, 0.15) is 23.0 Å². The van der Waals surface area contributed by atoms with E-state index in [1.54, 1.807) is 14.2 Å². The number of para-hydroxylation sites is 1. The zero-order valence-corrected chi connectivity index (χ0v) is 15.9. The van der Waals surface area contributed by atoms with Gasteiger partial charge in [-0.3, -0.25) is 4.79 Å². The molecule has 5 heteroatoms. The molecule has 0 bridgehead atoms. The van der Waals surface area contributed by atoms with E-state index in [1.165, 1.54) is 0 Å². The molecule has 0 fully saturated rings. The van der Waals surface area contributed by atoms with E-state index < -0.39 is 0 Å². The average Bonchev–Trinajstić information content (AvgIpc) is 3.05. The maximum absolute atomic E-state index is 12.3. The molecule has 0 radical (unpaired) electrons. The maximum Gasteiger partial charge on any atom is 0.275 e. The second-order valence-electron chi connectivity index (χ2n) is 6.28. The van der Waals surface area contributed by atoms with Crippen molar-refractivity contribution in [3.63, 3.8) is 0 Å². The third-order valence-corrected chi connectivity index (χ3v) is 4.56. The minimum Gasteiger partial charge on any atom is -0.496 e. The van der Waals surface area contributed by atoms with Crippen LogP contribution in [0.1, 0.15) is 30.0 Å². The van der Waals surface area contributed by atoms with Gasteiger partial charge < -0.3 is 14.8 Å². The quantitative estimate of drug-likeness (QED) is 0.761. The van der Waals surface area contributed by atoms with Crippen LogP contribution in [0.5, 0.6) is 11.5 Å². The Hall–Kier alpha value is -3.08. The summed E-state index contributed by atoms with van der Waals surface area (Å²) in [5.74, 6) is 2.22. The molecule has 140 valence electrons. The summed E-state index contributed by atoms with van der Waals surface area (Å²) < 4.78 is 10.7. The van der Waals surface area contributed by atoms with Crippen LogP contribution >= 0.6 is 0 Å². The minimum absolute atomic E-state index is 0.168. The van der Waals surface area contributed by atoms with Gasteiger partial charge >= 0.3 is 0 Å². The highest BCUT2D eigenvalue weighted by atomic mass is 16.5. The van der Waals surface area contributed by atoms with Crippen molar-refractivity contribution in [3.05, 3.63) is 64.9 Å². The first kappa shape index (κ1) is 18.7. The van der Waals surface area contributed by atoms with E-state index in [1.807, 2.05) is 48.5 Å². The molecule has 0 atom stereocenters. The summed E-state index contributed by atoms with van der Waals surface area (Å²) in [6.07, 6.45) is 4.06. The Morgan fingerprint density at radius 3 is 2.48 bits per heavy atom. The zero-order valence-electron chi connectivity index (χ0n) is 15.9. The topological polar surface area (TPSA) is 59.9 Å². The summed E-state index contributed by atoms with van der Waals surface area (Å²) in [6, 6.07) is 13.8. The van der Waals surface area contributed by atoms with Crippen LogP contribution in [0.25, 0.3) is 6.08 Å². The molecule has 2 aromatic carbocycles. The number of hydrogen-bond donors (Lipinski definition) is 1. The number of hydrogen-bond acceptors (Lipinski definition) is 4. The van der Waals surface area contributed by atoms with E-state index in [9.17, 15) is 4.79 Å². The second-order valence-corrected chi connectivity index (χ2v) is 6.28. The van der Waals surface area contributed by atoms with Crippen molar-refractivity contribution < 1.29 is 14.3 Å². The number of methoxy groups -OCH3 is 2. The maximum atomic E-state index is 12.3. The molecule has 0 saturated heterocycles. The number of carbonyl (C=O) groups is 1. The van der Waals surface area contributed by atoms with E-state index in [0.29, 0.717) is 18.0 Å². The van der Waals surface area contributed by atoms with Crippen molar-refractivity contribution in [1.82, 2.24) is 5.32 Å². The number of benzene rings is 2. The molecular weight excluding hydrogens is 340 g/mol. The van der Waals surface area contributed by atoms with Gasteiger partial charge in [0, 0.05) is 6.42 Å². The lowest BCUT2D eigenvalue weighted by atomic mass is 10.1. The number of aryl methyl sites for hydroxylation is 2. The molecular formula is C22H24N2O3. The number of aliphatic imine (C=N–C) groups is 1. The fraction of sp³-hybridized carbons (Fsp3) is 0.273. The SMILES string of the molecule is CCc1cc(/C=C2/N=C(CCc3ccccc3OC)NC2=O)ccc1OC. The van der Waals surface area contributed by atoms with Crippen LogP contribution in [0.4, 0.5) is 0 Å². The molecule has 0 saturated carbocycles. The Morgan fingerprint density at radius 1 is 1.00 bits per heavy atom. The van der Waals surface area contributed by atoms with Gasteiger partial charge in [-0.05, 0) is 53.8 Å². The van der Waals surface area contributed by atoms with Gasteiger partial charge in [-0.25, -0.2) is 4.99 Å². The minimum atomic E-state index is -0.168. The summed E-state index contributed by atoms with van der Waals surface area (Å²) in [6.45, 7) is 2.07. The molecule has 0 aliphatic carbocycles. The van der Waals surface area contributed by atoms with Crippen LogP contribution < -0.4 is 14.8 Å². The summed E-state index contributed by atoms with van der Waals surface area (Å²) >= 11 is 0. The number of amides is 1. The van der Waals surface area contributed by atoms with E-state index in [2.05, 4.69) is 17.2 Å². The normalized spacial score (nSPS) is 14.9. The Labute approximate surface area is 159 Å². The van der Waals surface area contributed by atoms with Crippen molar-refractivity contribution in [1.29, 1.82) is 0 Å². The van der Waals surface area contributed by atoms with Crippen LogP contribution in [-0.2, 0) is 17.6 Å². The number of nitrogens with one attached hydrogen (secondary N) is 1. The summed E-state index contributed by atoms with van der Waals surface area (Å²) in [5, 5.41) is 2.86. The molecule has 1 heterocycles. The van der Waals surface area contributed by atoms with Crippen LogP contribution in [0.2, 0.25) is 0 Å². The summed E-state index contributed by atoms with van der Waals surface area (Å²) in [7, 11) is 3.32. The predicted octanol–water partition coefficient (Wildman–Crippen LogP) is 3.77. The van der Waals surface area contributed by atoms with E-state index >= 15 is 0 Å². The number of amidine groups is 1. The first-order valence-corrected chi connectivity index (χ1v) is 9.04. The Bertz CT molecular complexity index is 900. The Kier molecular flexibility index (Phi) is 5.91. The number of ether oxygens (including phenoxy) is 2. The van der Waals surface area contributed by atoms with Crippen LogP contribution in [0, 0.1) is 0 Å². The number of rotatable bonds is 7. The Balaban J connectivity index is 1.75. The monoisotopic (exact) mass is 364 g/mol. The molecule has 1 amide bonds. The molecule has 0 unspecified atom stereocenters. The van der Waals surface area contributed by atoms with Crippen molar-refractivity contribution in [2.24, 2.45) is 4.99 Å². The molecule has 3 rings (SSSR count). The zero-order chi connectivity index (χ0) is 19.2. The fourth-order valence-electron chi connectivity index (χ4n) is 3.12. The lowest BCUT2D eigenvalue weighted by molar-refractivity contribution is -0.115. The van der Waals surface area contributed by atoms with Gasteiger partial charge in [0.05, 0.1) is 14.2 Å². The molecule has 1 aliphatic heterocycles. The van der Waals surface area contributed by atoms with Crippen molar-refractivity contribution in [3.8, 4) is 11.5 Å². The lowest BCUT2D eigenvalue weighted by Gasteiger charge is -2.07. The van der Waals surface area contributed by atoms with Crippen molar-refractivity contribution in [2.75, 3.05) is 14.2 Å².